The molecule has 1 aromatic carbocycles. The Balaban J connectivity index is 1.36. The second kappa shape index (κ2) is 8.84. The van der Waals surface area contributed by atoms with Gasteiger partial charge >= 0.3 is 0 Å². The smallest absolute Gasteiger partial charge is 0.248 e. The minimum Gasteiger partial charge on any atom is -0.355 e. The molecule has 0 spiro atoms. The van der Waals surface area contributed by atoms with E-state index in [9.17, 15) is 18.4 Å². The van der Waals surface area contributed by atoms with Gasteiger partial charge in [-0.3, -0.25) is 9.59 Å². The lowest BCUT2D eigenvalue weighted by Crippen LogP contribution is -2.42. The van der Waals surface area contributed by atoms with Crippen molar-refractivity contribution in [1.29, 1.82) is 0 Å². The molecule has 1 fully saturated rings. The fourth-order valence-corrected chi connectivity index (χ4v) is 5.37. The third-order valence-electron chi connectivity index (χ3n) is 6.13. The molecular weight excluding hydrogens is 406 g/mol. The summed E-state index contributed by atoms with van der Waals surface area (Å²) in [5.74, 6) is -3.23. The van der Waals surface area contributed by atoms with Crippen molar-refractivity contribution in [2.45, 2.75) is 50.5 Å². The molecule has 1 saturated carbocycles. The number of hydrogen-bond donors (Lipinski definition) is 1. The average molecular weight is 433 g/mol. The summed E-state index contributed by atoms with van der Waals surface area (Å²) in [6.07, 6.45) is 0.979. The number of rotatable bonds is 5. The molecule has 1 unspecified atom stereocenters. The van der Waals surface area contributed by atoms with Crippen LogP contribution in [-0.2, 0) is 16.0 Å². The molecule has 4 rings (SSSR count). The highest BCUT2D eigenvalue weighted by molar-refractivity contribution is 7.10. The predicted molar refractivity (Wildman–Crippen MR) is 113 cm³/mol. The van der Waals surface area contributed by atoms with Gasteiger partial charge in [0.05, 0.1) is 6.04 Å². The van der Waals surface area contributed by atoms with E-state index in [0.29, 0.717) is 6.54 Å². The molecule has 0 radical (unpaired) electrons. The average Bonchev–Trinajstić information content (AvgIpc) is 3.22. The van der Waals surface area contributed by atoms with Crippen LogP contribution in [0.25, 0.3) is 0 Å². The van der Waals surface area contributed by atoms with Crippen LogP contribution >= 0.6 is 11.3 Å². The van der Waals surface area contributed by atoms with Crippen LogP contribution < -0.4 is 5.32 Å². The summed E-state index contributed by atoms with van der Waals surface area (Å²) in [5.41, 5.74) is 2.26. The van der Waals surface area contributed by atoms with Crippen molar-refractivity contribution in [2.75, 3.05) is 13.1 Å². The minimum absolute atomic E-state index is 0.00354. The van der Waals surface area contributed by atoms with Crippen molar-refractivity contribution >= 4 is 23.2 Å². The normalized spacial score (nSPS) is 21.1. The van der Waals surface area contributed by atoms with Gasteiger partial charge in [-0.15, -0.1) is 11.3 Å². The molecule has 0 saturated heterocycles. The second-order valence-electron chi connectivity index (χ2n) is 8.12. The molecule has 2 aliphatic rings. The number of amides is 2. The fourth-order valence-electron chi connectivity index (χ4n) is 4.46. The van der Waals surface area contributed by atoms with Crippen LogP contribution in [0.5, 0.6) is 0 Å². The van der Waals surface area contributed by atoms with E-state index in [1.807, 2.05) is 35.2 Å². The molecule has 2 aromatic rings. The van der Waals surface area contributed by atoms with E-state index in [0.717, 1.165) is 12.0 Å². The largest absolute Gasteiger partial charge is 0.355 e. The van der Waals surface area contributed by atoms with Crippen molar-refractivity contribution in [2.24, 2.45) is 5.92 Å². The first kappa shape index (κ1) is 21.0. The van der Waals surface area contributed by atoms with Gasteiger partial charge < -0.3 is 10.2 Å². The van der Waals surface area contributed by atoms with Crippen LogP contribution in [0.3, 0.4) is 0 Å². The van der Waals surface area contributed by atoms with Crippen LogP contribution in [0.1, 0.15) is 54.1 Å². The number of fused-ring (bicyclic) bond motifs is 1. The summed E-state index contributed by atoms with van der Waals surface area (Å²) in [6.45, 7) is 0.886. The number of thiophene rings is 1. The first-order valence-electron chi connectivity index (χ1n) is 10.5. The second-order valence-corrected chi connectivity index (χ2v) is 9.12. The fraction of sp³-hybridized carbons (Fsp3) is 0.478. The SMILES string of the molecule is O=C(NCCC(=O)N1CCc2sccc2C1c1ccccc1)C1CCC(F)(F)CC1. The van der Waals surface area contributed by atoms with Gasteiger partial charge in [0.25, 0.3) is 0 Å². The Labute approximate surface area is 179 Å². The number of carbonyl (C=O) groups is 2. The minimum atomic E-state index is -2.64. The van der Waals surface area contributed by atoms with Crippen LogP contribution in [0.2, 0.25) is 0 Å². The van der Waals surface area contributed by atoms with Gasteiger partial charge in [-0.1, -0.05) is 30.3 Å². The lowest BCUT2D eigenvalue weighted by molar-refractivity contribution is -0.133. The number of benzene rings is 1. The number of carbonyl (C=O) groups excluding carboxylic acids is 2. The summed E-state index contributed by atoms with van der Waals surface area (Å²) in [7, 11) is 0. The van der Waals surface area contributed by atoms with Crippen molar-refractivity contribution < 1.29 is 18.4 Å². The van der Waals surface area contributed by atoms with Gasteiger partial charge in [-0.05, 0) is 41.8 Å². The van der Waals surface area contributed by atoms with Gasteiger partial charge in [-0.2, -0.15) is 0 Å². The summed E-state index contributed by atoms with van der Waals surface area (Å²) in [4.78, 5) is 28.6. The van der Waals surface area contributed by atoms with Crippen LogP contribution in [-0.4, -0.2) is 35.7 Å². The molecule has 1 aliphatic carbocycles. The van der Waals surface area contributed by atoms with Gasteiger partial charge in [-0.25, -0.2) is 8.78 Å². The maximum Gasteiger partial charge on any atom is 0.248 e. The summed E-state index contributed by atoms with van der Waals surface area (Å²) < 4.78 is 26.6. The van der Waals surface area contributed by atoms with Gasteiger partial charge in [0.15, 0.2) is 0 Å². The van der Waals surface area contributed by atoms with Crippen LogP contribution in [0.4, 0.5) is 8.78 Å². The highest BCUT2D eigenvalue weighted by Gasteiger charge is 2.37. The van der Waals surface area contributed by atoms with Gasteiger partial charge in [0, 0.05) is 43.1 Å². The molecule has 1 atom stereocenters. The predicted octanol–water partition coefficient (Wildman–Crippen LogP) is 4.55. The van der Waals surface area contributed by atoms with E-state index >= 15 is 0 Å². The zero-order valence-corrected chi connectivity index (χ0v) is 17.6. The van der Waals surface area contributed by atoms with E-state index < -0.39 is 5.92 Å². The summed E-state index contributed by atoms with van der Waals surface area (Å²) >= 11 is 1.73. The van der Waals surface area contributed by atoms with Crippen molar-refractivity contribution in [1.82, 2.24) is 10.2 Å². The highest BCUT2D eigenvalue weighted by Crippen LogP contribution is 2.38. The van der Waals surface area contributed by atoms with E-state index in [2.05, 4.69) is 16.8 Å². The summed E-state index contributed by atoms with van der Waals surface area (Å²) in [6, 6.07) is 12.0. The molecule has 0 bridgehead atoms. The molecule has 160 valence electrons. The first-order valence-corrected chi connectivity index (χ1v) is 11.4. The zero-order chi connectivity index (χ0) is 21.1. The molecule has 1 aromatic heterocycles. The number of halogens is 2. The first-order chi connectivity index (χ1) is 14.4. The monoisotopic (exact) mass is 432 g/mol. The van der Waals surface area contributed by atoms with Crippen LogP contribution in [0, 0.1) is 5.92 Å². The maximum absolute atomic E-state index is 13.3. The number of nitrogens with one attached hydrogen (secondary N) is 1. The Hall–Kier alpha value is -2.28. The van der Waals surface area contributed by atoms with Gasteiger partial charge in [0.1, 0.15) is 0 Å². The Morgan fingerprint density at radius 3 is 2.60 bits per heavy atom. The lowest BCUT2D eigenvalue weighted by Gasteiger charge is -2.36. The van der Waals surface area contributed by atoms with E-state index in [1.165, 1.54) is 10.4 Å². The number of alkyl halides is 2. The lowest BCUT2D eigenvalue weighted by atomic mass is 9.86. The highest BCUT2D eigenvalue weighted by atomic mass is 32.1. The molecule has 2 heterocycles. The maximum atomic E-state index is 13.3. The molecule has 2 amide bonds. The molecular formula is C23H26F2N2O2S. The van der Waals surface area contributed by atoms with E-state index in [-0.39, 0.29) is 62.4 Å². The van der Waals surface area contributed by atoms with E-state index in [4.69, 9.17) is 0 Å². The Bertz CT molecular complexity index is 890. The van der Waals surface area contributed by atoms with E-state index in [1.54, 1.807) is 11.3 Å². The Kier molecular flexibility index (Phi) is 6.18. The standard InChI is InChI=1S/C23H26F2N2O2S/c24-23(25)11-6-17(7-12-23)22(29)26-13-8-20(28)27-14-9-19-18(10-15-30-19)21(27)16-4-2-1-3-5-16/h1-5,10,15,17,21H,6-9,11-14H2,(H,26,29). The number of nitrogens with zero attached hydrogens (tertiary/aromatic N) is 1. The topological polar surface area (TPSA) is 49.4 Å². The molecule has 1 aliphatic heterocycles. The third-order valence-corrected chi connectivity index (χ3v) is 7.12. The Morgan fingerprint density at radius 1 is 1.13 bits per heavy atom. The zero-order valence-electron chi connectivity index (χ0n) is 16.8. The van der Waals surface area contributed by atoms with Crippen LogP contribution in [0.15, 0.2) is 41.8 Å². The number of hydrogen-bond acceptors (Lipinski definition) is 3. The van der Waals surface area contributed by atoms with Crippen molar-refractivity contribution in [3.8, 4) is 0 Å². The van der Waals surface area contributed by atoms with Crippen molar-refractivity contribution in [3.63, 3.8) is 0 Å². The molecule has 7 heteroatoms. The molecule has 4 nitrogen and oxygen atoms in total. The quantitative estimate of drug-likeness (QED) is 0.753. The molecule has 30 heavy (non-hydrogen) atoms. The Morgan fingerprint density at radius 2 is 1.87 bits per heavy atom. The molecule has 1 N–H and O–H groups in total. The van der Waals surface area contributed by atoms with Gasteiger partial charge in [0.2, 0.25) is 17.7 Å². The third kappa shape index (κ3) is 4.56. The summed E-state index contributed by atoms with van der Waals surface area (Å²) in [5, 5.41) is 4.86. The van der Waals surface area contributed by atoms with Crippen molar-refractivity contribution in [3.05, 3.63) is 57.8 Å².